The van der Waals surface area contributed by atoms with Crippen molar-refractivity contribution in [1.29, 1.82) is 10.7 Å². The number of nitriles is 1. The molecule has 4 rings (SSSR count). The Kier molecular flexibility index (Phi) is 8.12. The Morgan fingerprint density at radius 2 is 1.88 bits per heavy atom. The third-order valence-electron chi connectivity index (χ3n) is 5.88. The number of aromatic nitrogens is 2. The molecule has 2 fully saturated rings. The van der Waals surface area contributed by atoms with Gasteiger partial charge in [-0.1, -0.05) is 12.8 Å². The number of amides is 1. The molecule has 0 atom stereocenters. The van der Waals surface area contributed by atoms with E-state index in [4.69, 9.17) is 16.4 Å². The topological polar surface area (TPSA) is 138 Å². The molecule has 10 nitrogen and oxygen atoms in total. The summed E-state index contributed by atoms with van der Waals surface area (Å²) in [4.78, 5) is 25.7. The zero-order valence-corrected chi connectivity index (χ0v) is 21.2. The number of alkyl halides is 1. The number of primary amides is 1. The van der Waals surface area contributed by atoms with Gasteiger partial charge < -0.3 is 0 Å². The molecule has 1 aromatic carbocycles. The Morgan fingerprint density at radius 3 is 2.47 bits per heavy atom. The molecule has 0 unspecified atom stereocenters. The van der Waals surface area contributed by atoms with Crippen LogP contribution >= 0.6 is 0 Å². The first-order valence-corrected chi connectivity index (χ1v) is 13.9. The predicted molar refractivity (Wildman–Crippen MR) is 128 cm³/mol. The van der Waals surface area contributed by atoms with Crippen molar-refractivity contribution in [3.05, 3.63) is 35.5 Å². The van der Waals surface area contributed by atoms with Gasteiger partial charge in [-0.2, -0.15) is 0 Å². The SMILES string of the molecule is N#CCN1CCN(c2ccc(Nc3nc(N4CCCCCC4)nc(C=N)c3C(N)=O)cc2)[I-]C1. The molecule has 2 aromatic rings. The number of nitrogens with one attached hydrogen (secondary N) is 2. The molecule has 0 spiro atoms. The van der Waals surface area contributed by atoms with Crippen molar-refractivity contribution >= 4 is 35.3 Å². The standard InChI is InChI=1S/C23H29IN9O/c25-9-12-31-13-14-33(24-16-31)18-7-5-17(6-8-18)28-22-20(21(27)34)19(15-26)29-23(30-22)32-10-3-1-2-4-11-32/h5-8,15,26H,1-4,10-14,16H2,(H2,27,34)(H,28,29,30)/q-1. The molecule has 2 aliphatic heterocycles. The molecular weight excluding hydrogens is 545 g/mol. The number of halogens is 1. The van der Waals surface area contributed by atoms with E-state index in [1.54, 1.807) is 0 Å². The second kappa shape index (κ2) is 11.4. The van der Waals surface area contributed by atoms with Crippen LogP contribution in [0.2, 0.25) is 0 Å². The summed E-state index contributed by atoms with van der Waals surface area (Å²) in [7, 11) is 0. The average Bonchev–Trinajstić information content (AvgIpc) is 3.14. The van der Waals surface area contributed by atoms with Crippen molar-refractivity contribution in [3.63, 3.8) is 0 Å². The van der Waals surface area contributed by atoms with Crippen LogP contribution in [-0.4, -0.2) is 64.3 Å². The van der Waals surface area contributed by atoms with Crippen LogP contribution in [0.15, 0.2) is 24.3 Å². The molecule has 2 saturated heterocycles. The van der Waals surface area contributed by atoms with Gasteiger partial charge in [-0.3, -0.25) is 0 Å². The maximum atomic E-state index is 12.2. The van der Waals surface area contributed by atoms with Gasteiger partial charge in [0.05, 0.1) is 0 Å². The fourth-order valence-electron chi connectivity index (χ4n) is 4.07. The zero-order chi connectivity index (χ0) is 23.9. The van der Waals surface area contributed by atoms with E-state index in [2.05, 4.69) is 46.4 Å². The second-order valence-corrected chi connectivity index (χ2v) is 10.8. The van der Waals surface area contributed by atoms with E-state index in [0.717, 1.165) is 61.2 Å². The molecule has 0 bridgehead atoms. The molecule has 3 heterocycles. The van der Waals surface area contributed by atoms with E-state index in [9.17, 15) is 4.79 Å². The Morgan fingerprint density at radius 1 is 1.15 bits per heavy atom. The molecule has 11 heteroatoms. The van der Waals surface area contributed by atoms with Crippen LogP contribution in [0.3, 0.4) is 0 Å². The van der Waals surface area contributed by atoms with Gasteiger partial charge in [-0.05, 0) is 0 Å². The molecule has 1 amide bonds. The number of rotatable bonds is 7. The van der Waals surface area contributed by atoms with Crippen molar-refractivity contribution in [1.82, 2.24) is 14.9 Å². The third-order valence-corrected chi connectivity index (χ3v) is 9.01. The second-order valence-electron chi connectivity index (χ2n) is 8.25. The summed E-state index contributed by atoms with van der Waals surface area (Å²) in [6.07, 6.45) is 5.56. The molecule has 180 valence electrons. The minimum atomic E-state index is -0.667. The van der Waals surface area contributed by atoms with Crippen molar-refractivity contribution in [2.45, 2.75) is 25.7 Å². The van der Waals surface area contributed by atoms with E-state index < -0.39 is 5.91 Å². The van der Waals surface area contributed by atoms with Gasteiger partial charge >= 0.3 is 198 Å². The molecule has 2 aliphatic rings. The van der Waals surface area contributed by atoms with Gasteiger partial charge in [-0.15, -0.1) is 0 Å². The van der Waals surface area contributed by atoms with Crippen LogP contribution in [0, 0.1) is 16.7 Å². The summed E-state index contributed by atoms with van der Waals surface area (Å²) in [5, 5.41) is 19.9. The van der Waals surface area contributed by atoms with Crippen LogP contribution in [0.1, 0.15) is 41.7 Å². The monoisotopic (exact) mass is 574 g/mol. The number of benzene rings is 1. The molecule has 1 aromatic heterocycles. The van der Waals surface area contributed by atoms with Crippen molar-refractivity contribution < 1.29 is 26.3 Å². The molecule has 34 heavy (non-hydrogen) atoms. The summed E-state index contributed by atoms with van der Waals surface area (Å²) in [5.41, 5.74) is 7.93. The number of hydrogen-bond donors (Lipinski definition) is 3. The first kappa shape index (κ1) is 24.2. The minimum absolute atomic E-state index is 0.122. The number of hydrogen-bond acceptors (Lipinski definition) is 9. The first-order valence-electron chi connectivity index (χ1n) is 11.4. The fraction of sp³-hybridized carbons (Fsp3) is 0.435. The van der Waals surface area contributed by atoms with Gasteiger partial charge in [0.25, 0.3) is 0 Å². The Hall–Kier alpha value is -2.98. The van der Waals surface area contributed by atoms with E-state index in [1.807, 2.05) is 12.1 Å². The van der Waals surface area contributed by atoms with Gasteiger partial charge in [-0.25, -0.2) is 0 Å². The van der Waals surface area contributed by atoms with Crippen LogP contribution in [-0.2, 0) is 0 Å². The van der Waals surface area contributed by atoms with Gasteiger partial charge in [0.2, 0.25) is 0 Å². The van der Waals surface area contributed by atoms with Crippen molar-refractivity contribution in [2.75, 3.05) is 50.6 Å². The van der Waals surface area contributed by atoms with Crippen LogP contribution in [0.25, 0.3) is 0 Å². The van der Waals surface area contributed by atoms with E-state index >= 15 is 0 Å². The Labute approximate surface area is 210 Å². The van der Waals surface area contributed by atoms with E-state index in [-0.39, 0.29) is 32.7 Å². The number of nitrogens with two attached hydrogens (primary N) is 1. The summed E-state index contributed by atoms with van der Waals surface area (Å²) >= 11 is -0.202. The summed E-state index contributed by atoms with van der Waals surface area (Å²) in [6, 6.07) is 10.3. The molecule has 0 saturated carbocycles. The first-order chi connectivity index (χ1) is 16.6. The van der Waals surface area contributed by atoms with Gasteiger partial charge in [0.1, 0.15) is 0 Å². The maximum absolute atomic E-state index is 12.2. The number of carbonyl (C=O) groups excluding carboxylic acids is 1. The summed E-state index contributed by atoms with van der Waals surface area (Å²) in [5.74, 6) is 0.176. The van der Waals surface area contributed by atoms with Crippen LogP contribution in [0.4, 0.5) is 23.1 Å². The van der Waals surface area contributed by atoms with Crippen molar-refractivity contribution in [3.8, 4) is 6.07 Å². The van der Waals surface area contributed by atoms with Crippen LogP contribution < -0.4 is 40.5 Å². The summed E-state index contributed by atoms with van der Waals surface area (Å²) in [6.45, 7) is 4.01. The predicted octanol–water partition coefficient (Wildman–Crippen LogP) is -0.696. The Bertz CT molecular complexity index is 1050. The van der Waals surface area contributed by atoms with Crippen LogP contribution in [0.5, 0.6) is 0 Å². The van der Waals surface area contributed by atoms with Crippen molar-refractivity contribution in [2.24, 2.45) is 5.73 Å². The number of carbonyl (C=O) groups is 1. The molecular formula is C23H29IN9O-. The normalized spacial score (nSPS) is 17.3. The van der Waals surface area contributed by atoms with Gasteiger partial charge in [0.15, 0.2) is 0 Å². The quantitative estimate of drug-likeness (QED) is 0.0987. The average molecular weight is 574 g/mol. The fourth-order valence-corrected chi connectivity index (χ4v) is 6.72. The molecule has 4 N–H and O–H groups in total. The number of nitrogens with zero attached hydrogens (tertiary/aromatic N) is 6. The Balaban J connectivity index is 1.55. The third kappa shape index (κ3) is 5.74. The summed E-state index contributed by atoms with van der Waals surface area (Å²) < 4.78 is 3.38. The van der Waals surface area contributed by atoms with Gasteiger partial charge in [0, 0.05) is 0 Å². The molecule has 0 aliphatic carbocycles. The van der Waals surface area contributed by atoms with E-state index in [0.29, 0.717) is 18.3 Å². The molecule has 0 radical (unpaired) electrons. The zero-order valence-electron chi connectivity index (χ0n) is 19.0. The number of anilines is 4. The van der Waals surface area contributed by atoms with E-state index in [1.165, 1.54) is 12.8 Å².